The van der Waals surface area contributed by atoms with Gasteiger partial charge in [-0.1, -0.05) is 30.3 Å². The average molecular weight is 654 g/mol. The van der Waals surface area contributed by atoms with E-state index in [0.717, 1.165) is 20.8 Å². The van der Waals surface area contributed by atoms with Crippen molar-refractivity contribution in [1.29, 1.82) is 0 Å². The number of hydrogen-bond donors (Lipinski definition) is 1. The van der Waals surface area contributed by atoms with E-state index in [1.165, 1.54) is 21.0 Å². The molecular weight excluding hydrogens is 614 g/mol. The highest BCUT2D eigenvalue weighted by Crippen LogP contribution is 2.38. The number of ether oxygens (including phenoxy) is 10. The minimum Gasteiger partial charge on any atom is -0.463 e. The third-order valence-electron chi connectivity index (χ3n) is 7.25. The highest BCUT2D eigenvalue weighted by Gasteiger charge is 2.57. The van der Waals surface area contributed by atoms with Crippen molar-refractivity contribution in [3.63, 3.8) is 0 Å². The van der Waals surface area contributed by atoms with Gasteiger partial charge in [-0.25, -0.2) is 0 Å². The van der Waals surface area contributed by atoms with E-state index in [1.807, 2.05) is 30.3 Å². The van der Waals surface area contributed by atoms with Crippen LogP contribution < -0.4 is 5.32 Å². The molecule has 4 rings (SSSR count). The molecule has 46 heavy (non-hydrogen) atoms. The van der Waals surface area contributed by atoms with Crippen molar-refractivity contribution in [3.8, 4) is 0 Å². The van der Waals surface area contributed by atoms with Crippen LogP contribution in [-0.2, 0) is 71.3 Å². The van der Waals surface area contributed by atoms with Crippen LogP contribution in [0, 0.1) is 0 Å². The molecule has 0 radical (unpaired) electrons. The van der Waals surface area contributed by atoms with Crippen LogP contribution in [0.3, 0.4) is 0 Å². The second-order valence-electron chi connectivity index (χ2n) is 10.8. The number of methoxy groups -OCH3 is 1. The third-order valence-corrected chi connectivity index (χ3v) is 7.25. The second kappa shape index (κ2) is 15.8. The number of carbonyl (C=O) groups is 5. The Labute approximate surface area is 265 Å². The van der Waals surface area contributed by atoms with E-state index in [1.54, 1.807) is 0 Å². The van der Waals surface area contributed by atoms with Crippen molar-refractivity contribution in [1.82, 2.24) is 5.32 Å². The standard InChI is InChI=1S/C30H39NO15/c1-14(32)31-22-25(23-21(43-29(22)37-6)13-39-28(45-23)19-10-8-7-9-11-19)46-30-27(42-18(5)36)26(41-17(4)35)24(40-16(3)34)20(44-30)12-38-15(2)33/h7-11,20-30H,12-13H2,1-6H3,(H,31,32)/t20-,21+,22-,23+,24-,25-,26+,27-,28+,29+,30+/m0/s1. The number of benzene rings is 1. The first-order valence-corrected chi connectivity index (χ1v) is 14.6. The minimum atomic E-state index is -1.56. The summed E-state index contributed by atoms with van der Waals surface area (Å²) < 4.78 is 58.3. The lowest BCUT2D eigenvalue weighted by molar-refractivity contribution is -0.376. The summed E-state index contributed by atoms with van der Waals surface area (Å²) in [7, 11) is 1.38. The molecular formula is C30H39NO15. The van der Waals surface area contributed by atoms with E-state index in [4.69, 9.17) is 47.4 Å². The largest absolute Gasteiger partial charge is 0.463 e. The Morgan fingerprint density at radius 3 is 1.98 bits per heavy atom. The summed E-state index contributed by atoms with van der Waals surface area (Å²) in [5.74, 6) is -3.49. The van der Waals surface area contributed by atoms with Crippen LogP contribution in [0.4, 0.5) is 0 Å². The molecule has 16 heteroatoms. The van der Waals surface area contributed by atoms with Crippen molar-refractivity contribution >= 4 is 29.8 Å². The molecule has 16 nitrogen and oxygen atoms in total. The average Bonchev–Trinajstić information content (AvgIpc) is 2.99. The molecule has 3 aliphatic rings. The molecule has 0 bridgehead atoms. The first-order valence-electron chi connectivity index (χ1n) is 14.6. The van der Waals surface area contributed by atoms with E-state index in [0.29, 0.717) is 5.56 Å². The van der Waals surface area contributed by atoms with Crippen molar-refractivity contribution in [2.75, 3.05) is 20.3 Å². The van der Waals surface area contributed by atoms with Gasteiger partial charge in [0.2, 0.25) is 5.91 Å². The summed E-state index contributed by atoms with van der Waals surface area (Å²) in [5, 5.41) is 2.77. The van der Waals surface area contributed by atoms with Gasteiger partial charge in [0.25, 0.3) is 0 Å². The van der Waals surface area contributed by atoms with E-state index in [9.17, 15) is 24.0 Å². The van der Waals surface area contributed by atoms with Gasteiger partial charge in [0, 0.05) is 47.3 Å². The van der Waals surface area contributed by atoms with Gasteiger partial charge in [-0.15, -0.1) is 0 Å². The molecule has 1 aromatic rings. The summed E-state index contributed by atoms with van der Waals surface area (Å²) in [4.78, 5) is 60.9. The summed E-state index contributed by atoms with van der Waals surface area (Å²) in [6.07, 6.45) is -11.9. The van der Waals surface area contributed by atoms with Crippen LogP contribution in [0.2, 0.25) is 0 Å². The van der Waals surface area contributed by atoms with Crippen molar-refractivity contribution < 1.29 is 71.3 Å². The maximum atomic E-state index is 12.4. The van der Waals surface area contributed by atoms with E-state index < -0.39 is 104 Å². The van der Waals surface area contributed by atoms with Crippen LogP contribution in [-0.4, -0.2) is 111 Å². The number of rotatable bonds is 10. The van der Waals surface area contributed by atoms with E-state index in [-0.39, 0.29) is 6.61 Å². The van der Waals surface area contributed by atoms with Gasteiger partial charge >= 0.3 is 23.9 Å². The van der Waals surface area contributed by atoms with Crippen molar-refractivity contribution in [2.24, 2.45) is 0 Å². The normalized spacial score (nSPS) is 33.9. The SMILES string of the molecule is CO[C@@H]1O[C@@H]2CO[C@@H](c3ccccc3)O[C@H]2[C@@H](O[C@H]2O[C@@H](COC(C)=O)[C@H](OC(C)=O)[C@@H](OC(C)=O)[C@@H]2OC(C)=O)[C@@H]1NC(C)=O. The Morgan fingerprint density at radius 1 is 0.761 bits per heavy atom. The molecule has 0 spiro atoms. The van der Waals surface area contributed by atoms with Gasteiger partial charge in [0.05, 0.1) is 6.61 Å². The molecule has 1 N–H and O–H groups in total. The molecule has 254 valence electrons. The van der Waals surface area contributed by atoms with Gasteiger partial charge in [0.15, 0.2) is 37.2 Å². The Morgan fingerprint density at radius 2 is 1.39 bits per heavy atom. The zero-order valence-corrected chi connectivity index (χ0v) is 26.3. The zero-order valence-electron chi connectivity index (χ0n) is 26.3. The molecule has 1 aromatic carbocycles. The summed E-state index contributed by atoms with van der Waals surface area (Å²) in [5.41, 5.74) is 0.705. The number of esters is 4. The number of hydrogen-bond acceptors (Lipinski definition) is 15. The van der Waals surface area contributed by atoms with Crippen LogP contribution in [0.25, 0.3) is 0 Å². The Bertz CT molecular complexity index is 1240. The summed E-state index contributed by atoms with van der Waals surface area (Å²) in [6.45, 7) is 5.41. The van der Waals surface area contributed by atoms with Gasteiger partial charge in [-0.3, -0.25) is 24.0 Å². The molecule has 0 unspecified atom stereocenters. The Balaban J connectivity index is 1.76. The third kappa shape index (κ3) is 8.77. The molecule has 3 saturated heterocycles. The van der Waals surface area contributed by atoms with E-state index in [2.05, 4.69) is 5.32 Å². The maximum absolute atomic E-state index is 12.4. The smallest absolute Gasteiger partial charge is 0.303 e. The topological polar surface area (TPSA) is 190 Å². The number of fused-ring (bicyclic) bond motifs is 1. The van der Waals surface area contributed by atoms with E-state index >= 15 is 0 Å². The first-order chi connectivity index (χ1) is 21.9. The fourth-order valence-electron chi connectivity index (χ4n) is 5.56. The molecule has 3 aliphatic heterocycles. The van der Waals surface area contributed by atoms with Crippen LogP contribution in [0.1, 0.15) is 46.5 Å². The molecule has 0 aromatic heterocycles. The number of nitrogens with one attached hydrogen (secondary N) is 1. The molecule has 1 amide bonds. The highest BCUT2D eigenvalue weighted by atomic mass is 16.8. The second-order valence-corrected chi connectivity index (χ2v) is 10.8. The molecule has 11 atom stereocenters. The fourth-order valence-corrected chi connectivity index (χ4v) is 5.56. The minimum absolute atomic E-state index is 0.0509. The van der Waals surface area contributed by atoms with Crippen LogP contribution in [0.5, 0.6) is 0 Å². The molecule has 3 fully saturated rings. The van der Waals surface area contributed by atoms with Crippen LogP contribution in [0.15, 0.2) is 30.3 Å². The predicted octanol–water partition coefficient (Wildman–Crippen LogP) is 0.445. The maximum Gasteiger partial charge on any atom is 0.303 e. The van der Waals surface area contributed by atoms with Crippen molar-refractivity contribution in [2.45, 2.75) is 102 Å². The molecule has 0 aliphatic carbocycles. The quantitative estimate of drug-likeness (QED) is 0.270. The molecule has 3 heterocycles. The molecule has 0 saturated carbocycles. The summed E-state index contributed by atoms with van der Waals surface area (Å²) >= 11 is 0. The monoisotopic (exact) mass is 653 g/mol. The first kappa shape index (κ1) is 35.2. The van der Waals surface area contributed by atoms with Crippen molar-refractivity contribution in [3.05, 3.63) is 35.9 Å². The van der Waals surface area contributed by atoms with Gasteiger partial charge < -0.3 is 52.7 Å². The Hall–Kier alpha value is -3.67. The lowest BCUT2D eigenvalue weighted by atomic mass is 9.94. The lowest BCUT2D eigenvalue weighted by Crippen LogP contribution is -2.70. The zero-order chi connectivity index (χ0) is 33.5. The fraction of sp³-hybridized carbons (Fsp3) is 0.633. The number of amides is 1. The van der Waals surface area contributed by atoms with Gasteiger partial charge in [-0.2, -0.15) is 0 Å². The number of carbonyl (C=O) groups excluding carboxylic acids is 5. The summed E-state index contributed by atoms with van der Waals surface area (Å²) in [6, 6.07) is 8.09. The lowest BCUT2D eigenvalue weighted by Gasteiger charge is -2.51. The predicted molar refractivity (Wildman–Crippen MR) is 150 cm³/mol. The van der Waals surface area contributed by atoms with Crippen LogP contribution >= 0.6 is 0 Å². The van der Waals surface area contributed by atoms with Gasteiger partial charge in [-0.05, 0) is 0 Å². The van der Waals surface area contributed by atoms with Gasteiger partial charge in [0.1, 0.15) is 37.1 Å². The Kier molecular flexibility index (Phi) is 12.0. The highest BCUT2D eigenvalue weighted by molar-refractivity contribution is 5.73.